The summed E-state index contributed by atoms with van der Waals surface area (Å²) in [5.74, 6) is -0.289. The third kappa shape index (κ3) is 5.69. The summed E-state index contributed by atoms with van der Waals surface area (Å²) >= 11 is 0. The van der Waals surface area contributed by atoms with Gasteiger partial charge in [0.05, 0.1) is 7.11 Å². The van der Waals surface area contributed by atoms with Crippen molar-refractivity contribution in [3.63, 3.8) is 0 Å². The molecule has 1 unspecified atom stereocenters. The van der Waals surface area contributed by atoms with Gasteiger partial charge < -0.3 is 14.9 Å². The van der Waals surface area contributed by atoms with E-state index in [2.05, 4.69) is 5.32 Å². The third-order valence-electron chi connectivity index (χ3n) is 4.18. The van der Waals surface area contributed by atoms with Crippen LogP contribution in [0.25, 0.3) is 6.08 Å². The molecule has 5 heteroatoms. The van der Waals surface area contributed by atoms with E-state index in [1.807, 2.05) is 0 Å². The van der Waals surface area contributed by atoms with Crippen LogP contribution in [0.5, 0.6) is 5.75 Å². The second-order valence-electron chi connectivity index (χ2n) is 5.97. The predicted octanol–water partition coefficient (Wildman–Crippen LogP) is 2.79. The monoisotopic (exact) mass is 319 g/mol. The lowest BCUT2D eigenvalue weighted by Gasteiger charge is -2.26. The molecule has 1 saturated carbocycles. The van der Waals surface area contributed by atoms with E-state index in [0.29, 0.717) is 0 Å². The Labute approximate surface area is 137 Å². The molecule has 2 rings (SSSR count). The number of methoxy groups -OCH3 is 1. The fourth-order valence-corrected chi connectivity index (χ4v) is 2.92. The zero-order valence-corrected chi connectivity index (χ0v) is 13.5. The zero-order chi connectivity index (χ0) is 16.7. The molecule has 1 aliphatic rings. The summed E-state index contributed by atoms with van der Waals surface area (Å²) in [7, 11) is 1.58. The summed E-state index contributed by atoms with van der Waals surface area (Å²) in [6.45, 7) is 0. The van der Waals surface area contributed by atoms with Gasteiger partial charge in [-0.25, -0.2) is 4.79 Å². The van der Waals surface area contributed by atoms with Gasteiger partial charge in [-0.05, 0) is 36.6 Å². The molecule has 1 aliphatic carbocycles. The lowest BCUT2D eigenvalue weighted by molar-refractivity contribution is -0.133. The maximum absolute atomic E-state index is 11.4. The summed E-state index contributed by atoms with van der Waals surface area (Å²) in [5, 5.41) is 22.6. The van der Waals surface area contributed by atoms with Crippen LogP contribution in [0.1, 0.15) is 44.1 Å². The molecular formula is C18H25NO4. The SMILES string of the molecule is COc1ccc(/C=C(/CC(O)NC2CCCCC2)C(=O)O)cc1. The van der Waals surface area contributed by atoms with Gasteiger partial charge in [0, 0.05) is 18.0 Å². The highest BCUT2D eigenvalue weighted by Crippen LogP contribution is 2.20. The number of aliphatic hydroxyl groups excluding tert-OH is 1. The van der Waals surface area contributed by atoms with E-state index in [9.17, 15) is 15.0 Å². The van der Waals surface area contributed by atoms with Gasteiger partial charge in [-0.2, -0.15) is 0 Å². The lowest BCUT2D eigenvalue weighted by atomic mass is 9.95. The van der Waals surface area contributed by atoms with Crippen LogP contribution in [0.4, 0.5) is 0 Å². The van der Waals surface area contributed by atoms with Crippen molar-refractivity contribution < 1.29 is 19.7 Å². The Kier molecular flexibility index (Phi) is 6.62. The minimum atomic E-state index is -1.01. The molecule has 0 radical (unpaired) electrons. The Morgan fingerprint density at radius 3 is 2.52 bits per heavy atom. The van der Waals surface area contributed by atoms with Crippen LogP contribution in [0.15, 0.2) is 29.8 Å². The molecule has 0 aliphatic heterocycles. The summed E-state index contributed by atoms with van der Waals surface area (Å²) in [6, 6.07) is 7.44. The molecule has 0 amide bonds. The molecule has 1 aromatic rings. The molecule has 0 spiro atoms. The van der Waals surface area contributed by atoms with E-state index in [1.165, 1.54) is 6.42 Å². The first-order chi connectivity index (χ1) is 11.1. The van der Waals surface area contributed by atoms with Crippen molar-refractivity contribution in [3.8, 4) is 5.75 Å². The molecule has 126 valence electrons. The lowest BCUT2D eigenvalue weighted by Crippen LogP contribution is -2.40. The molecule has 3 N–H and O–H groups in total. The fourth-order valence-electron chi connectivity index (χ4n) is 2.92. The summed E-state index contributed by atoms with van der Waals surface area (Å²) in [5.41, 5.74) is 0.957. The third-order valence-corrected chi connectivity index (χ3v) is 4.18. The second-order valence-corrected chi connectivity index (χ2v) is 5.97. The maximum Gasteiger partial charge on any atom is 0.331 e. The molecule has 23 heavy (non-hydrogen) atoms. The van der Waals surface area contributed by atoms with Crippen molar-refractivity contribution in [1.82, 2.24) is 5.32 Å². The van der Waals surface area contributed by atoms with Crippen LogP contribution in [-0.4, -0.2) is 35.6 Å². The van der Waals surface area contributed by atoms with Crippen LogP contribution in [0.3, 0.4) is 0 Å². The molecule has 0 heterocycles. The Bertz CT molecular complexity index is 532. The maximum atomic E-state index is 11.4. The molecule has 1 fully saturated rings. The van der Waals surface area contributed by atoms with Crippen LogP contribution in [0, 0.1) is 0 Å². The Hall–Kier alpha value is -1.85. The number of hydrogen-bond donors (Lipinski definition) is 3. The number of rotatable bonds is 7. The number of hydrogen-bond acceptors (Lipinski definition) is 4. The van der Waals surface area contributed by atoms with Gasteiger partial charge in [-0.1, -0.05) is 31.4 Å². The molecule has 1 aromatic carbocycles. The second kappa shape index (κ2) is 8.70. The highest BCUT2D eigenvalue weighted by Gasteiger charge is 2.19. The number of nitrogens with one attached hydrogen (secondary N) is 1. The number of aliphatic carboxylic acids is 1. The van der Waals surface area contributed by atoms with Crippen molar-refractivity contribution in [2.24, 2.45) is 0 Å². The van der Waals surface area contributed by atoms with Crippen molar-refractivity contribution >= 4 is 12.0 Å². The first kappa shape index (κ1) is 17.5. The van der Waals surface area contributed by atoms with Crippen molar-refractivity contribution in [1.29, 1.82) is 0 Å². The van der Waals surface area contributed by atoms with Crippen LogP contribution in [0.2, 0.25) is 0 Å². The summed E-state index contributed by atoms with van der Waals surface area (Å²) in [4.78, 5) is 11.4. The average molecular weight is 319 g/mol. The highest BCUT2D eigenvalue weighted by atomic mass is 16.5. The first-order valence-electron chi connectivity index (χ1n) is 8.10. The number of carboxylic acids is 1. The van der Waals surface area contributed by atoms with E-state index in [0.717, 1.165) is 37.0 Å². The summed E-state index contributed by atoms with van der Waals surface area (Å²) in [6.07, 6.45) is 6.50. The van der Waals surface area contributed by atoms with E-state index in [1.54, 1.807) is 37.5 Å². The number of ether oxygens (including phenoxy) is 1. The van der Waals surface area contributed by atoms with Crippen LogP contribution < -0.4 is 10.1 Å². The Morgan fingerprint density at radius 2 is 1.96 bits per heavy atom. The van der Waals surface area contributed by atoms with Crippen LogP contribution >= 0.6 is 0 Å². The van der Waals surface area contributed by atoms with Gasteiger partial charge in [0.15, 0.2) is 0 Å². The minimum absolute atomic E-state index is 0.0812. The number of carbonyl (C=O) groups is 1. The van der Waals surface area contributed by atoms with Gasteiger partial charge in [-0.3, -0.25) is 5.32 Å². The number of aliphatic hydroxyl groups is 1. The van der Waals surface area contributed by atoms with Gasteiger partial charge >= 0.3 is 5.97 Å². The van der Waals surface area contributed by atoms with Gasteiger partial charge in [0.25, 0.3) is 0 Å². The van der Waals surface area contributed by atoms with Gasteiger partial charge in [-0.15, -0.1) is 0 Å². The van der Waals surface area contributed by atoms with E-state index >= 15 is 0 Å². The fraction of sp³-hybridized carbons (Fsp3) is 0.500. The number of carboxylic acid groups (broad SMARTS) is 1. The first-order valence-corrected chi connectivity index (χ1v) is 8.10. The molecule has 0 bridgehead atoms. The summed E-state index contributed by atoms with van der Waals surface area (Å²) < 4.78 is 5.08. The molecule has 5 nitrogen and oxygen atoms in total. The topological polar surface area (TPSA) is 78.8 Å². The quantitative estimate of drug-likeness (QED) is 0.532. The van der Waals surface area contributed by atoms with E-state index < -0.39 is 12.2 Å². The van der Waals surface area contributed by atoms with Gasteiger partial charge in [0.2, 0.25) is 0 Å². The average Bonchev–Trinajstić information content (AvgIpc) is 2.55. The molecular weight excluding hydrogens is 294 g/mol. The smallest absolute Gasteiger partial charge is 0.331 e. The predicted molar refractivity (Wildman–Crippen MR) is 89.2 cm³/mol. The highest BCUT2D eigenvalue weighted by molar-refractivity contribution is 5.92. The Morgan fingerprint density at radius 1 is 1.30 bits per heavy atom. The normalized spacial score (nSPS) is 17.7. The molecule has 1 atom stereocenters. The van der Waals surface area contributed by atoms with E-state index in [4.69, 9.17) is 4.74 Å². The largest absolute Gasteiger partial charge is 0.497 e. The Balaban J connectivity index is 1.99. The van der Waals surface area contributed by atoms with E-state index in [-0.39, 0.29) is 18.0 Å². The zero-order valence-electron chi connectivity index (χ0n) is 13.5. The number of benzene rings is 1. The van der Waals surface area contributed by atoms with Crippen LogP contribution in [-0.2, 0) is 4.79 Å². The van der Waals surface area contributed by atoms with Crippen molar-refractivity contribution in [3.05, 3.63) is 35.4 Å². The minimum Gasteiger partial charge on any atom is -0.497 e. The standard InChI is InChI=1S/C18H25NO4/c1-23-16-9-7-13(8-10-16)11-14(18(21)22)12-17(20)19-15-5-3-2-4-6-15/h7-11,15,17,19-20H,2-6,12H2,1H3,(H,21,22)/b14-11-. The molecule has 0 aromatic heterocycles. The molecule has 0 saturated heterocycles. The van der Waals surface area contributed by atoms with Gasteiger partial charge in [0.1, 0.15) is 12.0 Å². The van der Waals surface area contributed by atoms with Crippen molar-refractivity contribution in [2.75, 3.05) is 7.11 Å². The van der Waals surface area contributed by atoms with Crippen molar-refractivity contribution in [2.45, 2.75) is 50.8 Å².